The Balaban J connectivity index is 1.52. The highest BCUT2D eigenvalue weighted by Crippen LogP contribution is 2.24. The largest absolute Gasteiger partial charge is 0.385 e. The van der Waals surface area contributed by atoms with Crippen LogP contribution < -0.4 is 10.6 Å². The first kappa shape index (κ1) is 18.0. The highest BCUT2D eigenvalue weighted by molar-refractivity contribution is 7.13. The van der Waals surface area contributed by atoms with Crippen molar-refractivity contribution in [1.82, 2.24) is 15.2 Å². The van der Waals surface area contributed by atoms with E-state index in [1.54, 1.807) is 24.6 Å². The summed E-state index contributed by atoms with van der Waals surface area (Å²) in [6.07, 6.45) is 2.02. The van der Waals surface area contributed by atoms with Crippen molar-refractivity contribution in [3.05, 3.63) is 65.3 Å². The van der Waals surface area contributed by atoms with E-state index < -0.39 is 5.60 Å². The van der Waals surface area contributed by atoms with E-state index in [0.717, 1.165) is 5.56 Å². The predicted molar refractivity (Wildman–Crippen MR) is 101 cm³/mol. The van der Waals surface area contributed by atoms with Crippen LogP contribution in [0.2, 0.25) is 0 Å². The number of aliphatic hydroxyl groups is 1. The third-order valence-electron chi connectivity index (χ3n) is 3.92. The van der Waals surface area contributed by atoms with Gasteiger partial charge in [0.1, 0.15) is 11.3 Å². The van der Waals surface area contributed by atoms with Crippen LogP contribution in [0.25, 0.3) is 0 Å². The second-order valence-electron chi connectivity index (χ2n) is 5.95. The maximum Gasteiger partial charge on any atom is 0.259 e. The van der Waals surface area contributed by atoms with Gasteiger partial charge in [-0.15, -0.1) is 10.2 Å². The van der Waals surface area contributed by atoms with Crippen LogP contribution in [-0.4, -0.2) is 32.7 Å². The number of carbonyl (C=O) groups is 1. The van der Waals surface area contributed by atoms with Gasteiger partial charge in [-0.1, -0.05) is 41.7 Å². The van der Waals surface area contributed by atoms with Crippen molar-refractivity contribution in [2.24, 2.45) is 0 Å². The van der Waals surface area contributed by atoms with Gasteiger partial charge in [0.15, 0.2) is 0 Å². The molecule has 0 aliphatic carbocycles. The maximum atomic E-state index is 12.1. The van der Waals surface area contributed by atoms with Crippen LogP contribution in [0.15, 0.2) is 54.2 Å². The summed E-state index contributed by atoms with van der Waals surface area (Å²) in [5, 5.41) is 24.3. The van der Waals surface area contributed by atoms with Gasteiger partial charge in [0.25, 0.3) is 5.91 Å². The van der Waals surface area contributed by atoms with Crippen LogP contribution in [0.3, 0.4) is 0 Å². The minimum atomic E-state index is -0.921. The van der Waals surface area contributed by atoms with E-state index >= 15 is 0 Å². The number of hydrogen-bond donors (Lipinski definition) is 3. The average Bonchev–Trinajstić information content (AvgIpc) is 3.16. The van der Waals surface area contributed by atoms with Gasteiger partial charge in [0, 0.05) is 12.7 Å². The van der Waals surface area contributed by atoms with Crippen LogP contribution in [0, 0.1) is 0 Å². The zero-order chi connectivity index (χ0) is 18.4. The smallest absolute Gasteiger partial charge is 0.259 e. The number of nitrogens with one attached hydrogen (secondary N) is 2. The summed E-state index contributed by atoms with van der Waals surface area (Å²) in [6.45, 7) is 2.34. The van der Waals surface area contributed by atoms with Gasteiger partial charge in [-0.3, -0.25) is 10.1 Å². The number of carbonyl (C=O) groups excluding carboxylic acids is 1. The summed E-state index contributed by atoms with van der Waals surface area (Å²) in [4.78, 5) is 16.3. The molecule has 0 spiro atoms. The van der Waals surface area contributed by atoms with Crippen LogP contribution in [0.4, 0.5) is 10.9 Å². The third-order valence-corrected chi connectivity index (χ3v) is 4.53. The Morgan fingerprint density at radius 1 is 1.23 bits per heavy atom. The zero-order valence-electron chi connectivity index (χ0n) is 14.2. The molecule has 1 unspecified atom stereocenters. The van der Waals surface area contributed by atoms with E-state index in [1.807, 2.05) is 30.3 Å². The van der Waals surface area contributed by atoms with Gasteiger partial charge >= 0.3 is 0 Å². The van der Waals surface area contributed by atoms with E-state index in [9.17, 15) is 9.90 Å². The number of benzene rings is 1. The lowest BCUT2D eigenvalue weighted by molar-refractivity contribution is 0.0515. The van der Waals surface area contributed by atoms with Gasteiger partial charge in [-0.05, 0) is 31.0 Å². The van der Waals surface area contributed by atoms with E-state index in [4.69, 9.17) is 0 Å². The second-order valence-corrected chi connectivity index (χ2v) is 6.78. The topological polar surface area (TPSA) is 100 Å². The van der Waals surface area contributed by atoms with Crippen molar-refractivity contribution >= 4 is 28.2 Å². The summed E-state index contributed by atoms with van der Waals surface area (Å²) in [5.41, 5.74) is 1.93. The lowest BCUT2D eigenvalue weighted by atomic mass is 9.93. The average molecular weight is 369 g/mol. The fraction of sp³-hybridized carbons (Fsp3) is 0.222. The minimum Gasteiger partial charge on any atom is -0.385 e. The van der Waals surface area contributed by atoms with Crippen LogP contribution in [0.1, 0.15) is 29.3 Å². The molecule has 26 heavy (non-hydrogen) atoms. The molecular weight excluding hydrogens is 350 g/mol. The molecule has 0 saturated carbocycles. The van der Waals surface area contributed by atoms with Crippen LogP contribution in [0.5, 0.6) is 0 Å². The first-order valence-corrected chi connectivity index (χ1v) is 8.98. The first-order valence-electron chi connectivity index (χ1n) is 8.10. The number of nitrogens with zero attached hydrogens (tertiary/aromatic N) is 3. The van der Waals surface area contributed by atoms with Crippen molar-refractivity contribution in [2.75, 3.05) is 17.2 Å². The van der Waals surface area contributed by atoms with Crippen molar-refractivity contribution in [3.8, 4) is 0 Å². The van der Waals surface area contributed by atoms with E-state index in [-0.39, 0.29) is 5.91 Å². The molecule has 1 amide bonds. The number of pyridine rings is 1. The molecule has 3 aromatic rings. The normalized spacial score (nSPS) is 13.0. The third kappa shape index (κ3) is 4.62. The van der Waals surface area contributed by atoms with E-state index in [2.05, 4.69) is 25.8 Å². The Labute approximate surface area is 155 Å². The Hall–Kier alpha value is -2.84. The summed E-state index contributed by atoms with van der Waals surface area (Å²) < 4.78 is 0. The molecule has 0 aliphatic heterocycles. The number of rotatable bonds is 7. The molecule has 8 heteroatoms. The van der Waals surface area contributed by atoms with Crippen LogP contribution in [-0.2, 0) is 5.60 Å². The SMILES string of the molecule is CC(O)(CCNc1ccc(C(=O)Nc2nncs2)cn1)c1ccccc1. The molecule has 2 heterocycles. The molecular formula is C18H19N5O2S. The molecule has 7 nitrogen and oxygen atoms in total. The molecule has 3 N–H and O–H groups in total. The van der Waals surface area contributed by atoms with Crippen molar-refractivity contribution in [2.45, 2.75) is 18.9 Å². The Kier molecular flexibility index (Phi) is 5.55. The van der Waals surface area contributed by atoms with Crippen molar-refractivity contribution in [1.29, 1.82) is 0 Å². The van der Waals surface area contributed by atoms with Gasteiger partial charge in [0.2, 0.25) is 5.13 Å². The monoisotopic (exact) mass is 369 g/mol. The van der Waals surface area contributed by atoms with E-state index in [0.29, 0.717) is 29.5 Å². The fourth-order valence-electron chi connectivity index (χ4n) is 2.41. The Bertz CT molecular complexity index is 836. The van der Waals surface area contributed by atoms with Gasteiger partial charge in [-0.25, -0.2) is 4.98 Å². The van der Waals surface area contributed by atoms with Crippen LogP contribution >= 0.6 is 11.3 Å². The van der Waals surface area contributed by atoms with Gasteiger partial charge in [-0.2, -0.15) is 0 Å². The van der Waals surface area contributed by atoms with E-state index in [1.165, 1.54) is 17.5 Å². The fourth-order valence-corrected chi connectivity index (χ4v) is 2.85. The molecule has 3 rings (SSSR count). The number of amides is 1. The molecule has 1 atom stereocenters. The first-order chi connectivity index (χ1) is 12.5. The zero-order valence-corrected chi connectivity index (χ0v) is 15.0. The molecule has 0 aliphatic rings. The maximum absolute atomic E-state index is 12.1. The predicted octanol–water partition coefficient (Wildman–Crippen LogP) is 2.90. The number of aromatic nitrogens is 3. The molecule has 0 bridgehead atoms. The Morgan fingerprint density at radius 2 is 2.04 bits per heavy atom. The molecule has 1 aromatic carbocycles. The van der Waals surface area contributed by atoms with Gasteiger partial charge < -0.3 is 10.4 Å². The summed E-state index contributed by atoms with van der Waals surface area (Å²) in [5.74, 6) is 0.356. The Morgan fingerprint density at radius 3 is 2.69 bits per heavy atom. The second kappa shape index (κ2) is 8.03. The molecule has 0 radical (unpaired) electrons. The molecule has 0 fully saturated rings. The summed E-state index contributed by atoms with van der Waals surface area (Å²) >= 11 is 1.25. The quantitative estimate of drug-likeness (QED) is 0.592. The molecule has 134 valence electrons. The number of hydrogen-bond acceptors (Lipinski definition) is 7. The van der Waals surface area contributed by atoms with Crippen molar-refractivity contribution in [3.63, 3.8) is 0 Å². The lowest BCUT2D eigenvalue weighted by Gasteiger charge is -2.24. The summed E-state index contributed by atoms with van der Waals surface area (Å²) in [7, 11) is 0. The lowest BCUT2D eigenvalue weighted by Crippen LogP contribution is -2.24. The molecule has 2 aromatic heterocycles. The minimum absolute atomic E-state index is 0.284. The highest BCUT2D eigenvalue weighted by Gasteiger charge is 2.22. The molecule has 0 saturated heterocycles. The van der Waals surface area contributed by atoms with Crippen molar-refractivity contribution < 1.29 is 9.90 Å². The standard InChI is InChI=1S/C18H19N5O2S/c1-18(25,14-5-3-2-4-6-14)9-10-19-15-8-7-13(11-20-15)16(24)22-17-23-21-12-26-17/h2-8,11-12,25H,9-10H2,1H3,(H,19,20)(H,22,23,24). The highest BCUT2D eigenvalue weighted by atomic mass is 32.1. The number of anilines is 2. The van der Waals surface area contributed by atoms with Gasteiger partial charge in [0.05, 0.1) is 11.2 Å². The summed E-state index contributed by atoms with van der Waals surface area (Å²) in [6, 6.07) is 13.0.